The summed E-state index contributed by atoms with van der Waals surface area (Å²) in [4.78, 5) is 29.4. The van der Waals surface area contributed by atoms with Gasteiger partial charge in [-0.05, 0) is 55.6 Å². The van der Waals surface area contributed by atoms with E-state index in [1.54, 1.807) is 43.2 Å². The maximum Gasteiger partial charge on any atom is 0.339 e. The molecule has 0 aromatic carbocycles. The maximum atomic E-state index is 13.0. The Morgan fingerprint density at radius 1 is 1.30 bits per heavy atom. The van der Waals surface area contributed by atoms with Crippen molar-refractivity contribution in [2.24, 2.45) is 36.6 Å². The highest BCUT2D eigenvalue weighted by atomic mass is 16.6. The summed E-state index contributed by atoms with van der Waals surface area (Å²) in [5, 5.41) is 32.5. The zero-order valence-corrected chi connectivity index (χ0v) is 22.1. The molecule has 0 fully saturated rings. The second-order valence-electron chi connectivity index (χ2n) is 10.9. The van der Waals surface area contributed by atoms with Gasteiger partial charge in [0.05, 0.1) is 36.4 Å². The number of imidazole rings is 1. The lowest BCUT2D eigenvalue weighted by atomic mass is 9.62. The molecule has 3 aliphatic rings. The van der Waals surface area contributed by atoms with E-state index in [0.29, 0.717) is 17.7 Å². The lowest BCUT2D eigenvalue weighted by Crippen LogP contribution is -2.43. The smallest absolute Gasteiger partial charge is 0.339 e. The number of hydrogen-bond acceptors (Lipinski definition) is 7. The molecule has 9 nitrogen and oxygen atoms in total. The number of allylic oxidation sites excluding steroid dienone is 2. The van der Waals surface area contributed by atoms with Crippen molar-refractivity contribution in [3.63, 3.8) is 0 Å². The van der Waals surface area contributed by atoms with Crippen LogP contribution in [0.25, 0.3) is 5.57 Å². The summed E-state index contributed by atoms with van der Waals surface area (Å²) in [5.74, 6) is -5.25. The quantitative estimate of drug-likeness (QED) is 0.312. The first-order chi connectivity index (χ1) is 17.3. The molecule has 3 heterocycles. The van der Waals surface area contributed by atoms with Crippen LogP contribution in [0, 0.1) is 29.6 Å². The van der Waals surface area contributed by atoms with Crippen LogP contribution < -0.4 is 0 Å². The van der Waals surface area contributed by atoms with Crippen LogP contribution in [0.5, 0.6) is 0 Å². The fraction of sp³-hybridized carbons (Fsp3) is 0.536. The van der Waals surface area contributed by atoms with Gasteiger partial charge >= 0.3 is 11.9 Å². The first-order valence-electron chi connectivity index (χ1n) is 12.5. The Balaban J connectivity index is 1.98. The fourth-order valence-corrected chi connectivity index (χ4v) is 6.33. The van der Waals surface area contributed by atoms with Crippen LogP contribution in [-0.2, 0) is 26.1 Å². The predicted molar refractivity (Wildman–Crippen MR) is 136 cm³/mol. The average molecular weight is 513 g/mol. The molecule has 4 rings (SSSR count). The van der Waals surface area contributed by atoms with E-state index >= 15 is 0 Å². The van der Waals surface area contributed by atoms with Crippen LogP contribution in [0.15, 0.2) is 54.1 Å². The number of aliphatic carboxylic acids is 1. The summed E-state index contributed by atoms with van der Waals surface area (Å²) in [5.41, 5.74) is 0.620. The van der Waals surface area contributed by atoms with Gasteiger partial charge in [-0.25, -0.2) is 14.6 Å². The van der Waals surface area contributed by atoms with Gasteiger partial charge in [0.25, 0.3) is 0 Å². The normalized spacial score (nSPS) is 37.1. The van der Waals surface area contributed by atoms with Crippen molar-refractivity contribution >= 4 is 17.5 Å². The van der Waals surface area contributed by atoms with Gasteiger partial charge in [-0.15, -0.1) is 0 Å². The minimum Gasteiger partial charge on any atom is -0.478 e. The second-order valence-corrected chi connectivity index (χ2v) is 10.9. The highest BCUT2D eigenvalue weighted by Crippen LogP contribution is 2.52. The van der Waals surface area contributed by atoms with Crippen molar-refractivity contribution in [2.75, 3.05) is 7.11 Å². The number of aliphatic hydroxyl groups is 2. The number of carboxylic acids is 1. The molecule has 1 aliphatic carbocycles. The van der Waals surface area contributed by atoms with Gasteiger partial charge in [-0.2, -0.15) is 0 Å². The van der Waals surface area contributed by atoms with Crippen LogP contribution in [0.4, 0.5) is 0 Å². The molecule has 37 heavy (non-hydrogen) atoms. The molecule has 2 aliphatic heterocycles. The Hall–Kier alpha value is -3.01. The van der Waals surface area contributed by atoms with Crippen LogP contribution in [0.2, 0.25) is 0 Å². The molecule has 0 unspecified atom stereocenters. The molecular weight excluding hydrogens is 476 g/mol. The number of hydrogen-bond donors (Lipinski definition) is 3. The Morgan fingerprint density at radius 3 is 2.57 bits per heavy atom. The monoisotopic (exact) mass is 512 g/mol. The number of aromatic nitrogens is 2. The lowest BCUT2D eigenvalue weighted by molar-refractivity contribution is -0.193. The first kappa shape index (κ1) is 27.0. The number of ether oxygens (including phenoxy) is 2. The van der Waals surface area contributed by atoms with Crippen molar-refractivity contribution in [1.82, 2.24) is 9.55 Å². The Morgan fingerprint density at radius 2 is 2.00 bits per heavy atom. The zero-order chi connectivity index (χ0) is 27.3. The number of nitrogens with zero attached hydrogens (tertiary/aromatic N) is 2. The number of esters is 1. The van der Waals surface area contributed by atoms with Crippen LogP contribution >= 0.6 is 0 Å². The summed E-state index contributed by atoms with van der Waals surface area (Å²) >= 11 is 0. The van der Waals surface area contributed by atoms with E-state index in [1.807, 2.05) is 26.8 Å². The Bertz CT molecular complexity index is 1210. The van der Waals surface area contributed by atoms with Gasteiger partial charge in [0.1, 0.15) is 0 Å². The third kappa shape index (κ3) is 4.83. The van der Waals surface area contributed by atoms with Gasteiger partial charge in [0, 0.05) is 25.2 Å². The van der Waals surface area contributed by atoms with Gasteiger partial charge in [0.15, 0.2) is 0 Å². The predicted octanol–water partition coefficient (Wildman–Crippen LogP) is 2.87. The van der Waals surface area contributed by atoms with Gasteiger partial charge in [-0.3, -0.25) is 0 Å². The molecule has 9 heteroatoms. The largest absolute Gasteiger partial charge is 0.478 e. The minimum atomic E-state index is -2.09. The fourth-order valence-electron chi connectivity index (χ4n) is 6.33. The van der Waals surface area contributed by atoms with Crippen molar-refractivity contribution in [3.05, 3.63) is 59.7 Å². The summed E-state index contributed by atoms with van der Waals surface area (Å²) < 4.78 is 13.1. The highest BCUT2D eigenvalue weighted by Gasteiger charge is 2.54. The van der Waals surface area contributed by atoms with E-state index in [4.69, 9.17) is 9.47 Å². The van der Waals surface area contributed by atoms with Crippen molar-refractivity contribution in [3.8, 4) is 0 Å². The SMILES string of the molecule is COC(=O)/C1=C/[C@@H]2[C@H](C(C)C)[C@@H](O)C=C(C)[C@H]2C[C@H](/C(=C/C(=O)O)c2cn(C)cn2)[C@@]2(C)C=C[C@]1(O)O2. The maximum absolute atomic E-state index is 13.0. The number of rotatable bonds is 5. The van der Waals surface area contributed by atoms with Crippen molar-refractivity contribution in [1.29, 1.82) is 0 Å². The molecule has 1 aromatic rings. The van der Waals surface area contributed by atoms with E-state index in [2.05, 4.69) is 4.98 Å². The number of aliphatic hydroxyl groups excluding tert-OH is 1. The number of carbonyl (C=O) groups excluding carboxylic acids is 1. The number of aryl methyl sites for hydroxylation is 1. The van der Waals surface area contributed by atoms with Crippen LogP contribution in [0.3, 0.4) is 0 Å². The second kappa shape index (κ2) is 9.70. The number of carboxylic acid groups (broad SMARTS) is 1. The van der Waals surface area contributed by atoms with Gasteiger partial charge in [-0.1, -0.05) is 37.6 Å². The van der Waals surface area contributed by atoms with Crippen LogP contribution in [-0.4, -0.2) is 61.4 Å². The molecule has 3 N–H and O–H groups in total. The molecule has 7 atom stereocenters. The summed E-state index contributed by atoms with van der Waals surface area (Å²) in [7, 11) is 3.04. The Labute approximate surface area is 216 Å². The number of fused-ring (bicyclic) bond motifs is 3. The van der Waals surface area contributed by atoms with E-state index in [-0.39, 0.29) is 29.2 Å². The number of methoxy groups -OCH3 is 1. The minimum absolute atomic E-state index is 0.0462. The molecule has 0 spiro atoms. The molecule has 0 saturated heterocycles. The summed E-state index contributed by atoms with van der Waals surface area (Å²) in [6, 6.07) is 0. The standard InChI is InChI=1S/C28H36N2O7/c1-15(2)25-18-11-21(26(34)36-6)28(35)8-7-27(4,37-28)20(10-17(18)16(3)9-23(25)31)19(12-24(32)33)22-13-30(5)14-29-22/h7-9,11-15,17-18,20,23,25,31,35H,10H2,1-6H3,(H,32,33)/b19-12-,21-11-/t17-,18+,20-,23+,25+,27-,28+/m1/s1. The summed E-state index contributed by atoms with van der Waals surface area (Å²) in [6.45, 7) is 7.73. The highest BCUT2D eigenvalue weighted by molar-refractivity contribution is 5.92. The lowest BCUT2D eigenvalue weighted by Gasteiger charge is -2.44. The molecule has 2 bridgehead atoms. The number of carbonyl (C=O) groups is 2. The molecule has 1 aromatic heterocycles. The molecule has 0 amide bonds. The van der Waals surface area contributed by atoms with E-state index in [9.17, 15) is 24.9 Å². The molecular formula is C28H36N2O7. The van der Waals surface area contributed by atoms with Crippen molar-refractivity contribution < 1.29 is 34.4 Å². The third-order valence-electron chi connectivity index (χ3n) is 8.09. The molecule has 0 saturated carbocycles. The summed E-state index contributed by atoms with van der Waals surface area (Å²) in [6.07, 6.45) is 10.8. The van der Waals surface area contributed by atoms with Gasteiger partial charge < -0.3 is 29.4 Å². The van der Waals surface area contributed by atoms with E-state index in [1.165, 1.54) is 13.2 Å². The Kier molecular flexibility index (Phi) is 7.09. The average Bonchev–Trinajstić information content (AvgIpc) is 3.38. The van der Waals surface area contributed by atoms with Crippen molar-refractivity contribution in [2.45, 2.75) is 51.6 Å². The topological polar surface area (TPSA) is 131 Å². The zero-order valence-electron chi connectivity index (χ0n) is 22.1. The van der Waals surface area contributed by atoms with E-state index < -0.39 is 35.3 Å². The van der Waals surface area contributed by atoms with Gasteiger partial charge in [0.2, 0.25) is 5.79 Å². The first-order valence-corrected chi connectivity index (χ1v) is 12.5. The van der Waals surface area contributed by atoms with Crippen LogP contribution in [0.1, 0.15) is 39.8 Å². The molecule has 0 radical (unpaired) electrons. The van der Waals surface area contributed by atoms with E-state index in [0.717, 1.165) is 11.6 Å². The third-order valence-corrected chi connectivity index (χ3v) is 8.09. The molecule has 200 valence electrons.